The highest BCUT2D eigenvalue weighted by molar-refractivity contribution is 6.01. The molecule has 3 rings (SSSR count). The van der Waals surface area contributed by atoms with Crippen molar-refractivity contribution in [2.75, 3.05) is 33.1 Å². The highest BCUT2D eigenvalue weighted by Gasteiger charge is 2.19. The summed E-state index contributed by atoms with van der Waals surface area (Å²) in [6.45, 7) is 2.20. The predicted octanol–water partition coefficient (Wildman–Crippen LogP) is 3.12. The van der Waals surface area contributed by atoms with Crippen LogP contribution in [-0.4, -0.2) is 65.0 Å². The van der Waals surface area contributed by atoms with E-state index in [2.05, 4.69) is 10.3 Å². The first-order valence-corrected chi connectivity index (χ1v) is 10.2. The molecule has 3 amide bonds. The predicted molar refractivity (Wildman–Crippen MR) is 122 cm³/mol. The second-order valence-electron chi connectivity index (χ2n) is 7.54. The fraction of sp³-hybridized carbons (Fsp3) is 0.304. The molecule has 0 radical (unpaired) electrons. The molecule has 1 aromatic heterocycles. The second-order valence-corrected chi connectivity index (χ2v) is 7.54. The number of aryl methyl sites for hydroxylation is 1. The van der Waals surface area contributed by atoms with Crippen LogP contribution in [0.2, 0.25) is 0 Å². The summed E-state index contributed by atoms with van der Waals surface area (Å²) in [7, 11) is 6.90. The molecule has 0 saturated carbocycles. The summed E-state index contributed by atoms with van der Waals surface area (Å²) in [4.78, 5) is 44.7. The summed E-state index contributed by atoms with van der Waals surface area (Å²) >= 11 is 0. The van der Waals surface area contributed by atoms with Gasteiger partial charge in [-0.25, -0.2) is 14.6 Å². The average Bonchev–Trinajstić information content (AvgIpc) is 3.08. The lowest BCUT2D eigenvalue weighted by Crippen LogP contribution is -2.32. The third-order valence-corrected chi connectivity index (χ3v) is 5.02. The van der Waals surface area contributed by atoms with Gasteiger partial charge >= 0.3 is 12.0 Å². The van der Waals surface area contributed by atoms with Crippen LogP contribution >= 0.6 is 0 Å². The van der Waals surface area contributed by atoms with E-state index in [-0.39, 0.29) is 24.6 Å². The lowest BCUT2D eigenvalue weighted by atomic mass is 10.2. The monoisotopic (exact) mass is 437 g/mol. The van der Waals surface area contributed by atoms with Gasteiger partial charge < -0.3 is 24.4 Å². The Balaban J connectivity index is 1.78. The number of rotatable bonds is 6. The largest absolute Gasteiger partial charge is 0.462 e. The molecule has 0 saturated heterocycles. The number of ether oxygens (including phenoxy) is 1. The van der Waals surface area contributed by atoms with Gasteiger partial charge in [0.25, 0.3) is 5.91 Å². The number of fused-ring (bicyclic) bond motifs is 1. The molecule has 0 atom stereocenters. The number of nitrogens with one attached hydrogen (secondary N) is 1. The maximum Gasteiger partial charge on any atom is 0.340 e. The zero-order valence-electron chi connectivity index (χ0n) is 18.9. The highest BCUT2D eigenvalue weighted by Crippen LogP contribution is 2.20. The SMILES string of the molecule is CCOC(=O)c1ccccc1NC(=O)N(C)Cc1nc2cc(C(=O)N(C)C)ccc2n1C. The number of benzene rings is 2. The van der Waals surface area contributed by atoms with Crippen molar-refractivity contribution < 1.29 is 19.1 Å². The maximum absolute atomic E-state index is 12.8. The van der Waals surface area contributed by atoms with E-state index in [1.807, 2.05) is 17.7 Å². The Morgan fingerprint density at radius 3 is 2.50 bits per heavy atom. The molecule has 2 aromatic carbocycles. The van der Waals surface area contributed by atoms with Gasteiger partial charge in [0.2, 0.25) is 0 Å². The number of nitrogens with zero attached hydrogens (tertiary/aromatic N) is 4. The smallest absolute Gasteiger partial charge is 0.340 e. The van der Waals surface area contributed by atoms with Gasteiger partial charge in [-0.3, -0.25) is 4.79 Å². The molecule has 32 heavy (non-hydrogen) atoms. The number of aromatic nitrogens is 2. The van der Waals surface area contributed by atoms with Gasteiger partial charge in [0.05, 0.1) is 35.4 Å². The molecule has 0 spiro atoms. The third-order valence-electron chi connectivity index (χ3n) is 5.02. The number of carbonyl (C=O) groups excluding carboxylic acids is 3. The number of hydrogen-bond donors (Lipinski definition) is 1. The van der Waals surface area contributed by atoms with E-state index in [4.69, 9.17) is 4.74 Å². The Bertz CT molecular complexity index is 1170. The number of anilines is 1. The lowest BCUT2D eigenvalue weighted by Gasteiger charge is -2.19. The number of urea groups is 1. The highest BCUT2D eigenvalue weighted by atomic mass is 16.5. The molecular weight excluding hydrogens is 410 g/mol. The Morgan fingerprint density at radius 2 is 1.81 bits per heavy atom. The summed E-state index contributed by atoms with van der Waals surface area (Å²) < 4.78 is 6.94. The fourth-order valence-electron chi connectivity index (χ4n) is 3.26. The van der Waals surface area contributed by atoms with E-state index in [1.54, 1.807) is 64.5 Å². The first-order valence-electron chi connectivity index (χ1n) is 10.2. The number of hydrogen-bond acceptors (Lipinski definition) is 5. The summed E-state index contributed by atoms with van der Waals surface area (Å²) in [6, 6.07) is 11.7. The third kappa shape index (κ3) is 4.72. The average molecular weight is 438 g/mol. The van der Waals surface area contributed by atoms with E-state index in [9.17, 15) is 14.4 Å². The summed E-state index contributed by atoms with van der Waals surface area (Å²) in [6.07, 6.45) is 0. The van der Waals surface area contributed by atoms with Crippen molar-refractivity contribution >= 4 is 34.6 Å². The van der Waals surface area contributed by atoms with Crippen LogP contribution in [0, 0.1) is 0 Å². The minimum Gasteiger partial charge on any atom is -0.462 e. The fourth-order valence-corrected chi connectivity index (χ4v) is 3.26. The Morgan fingerprint density at radius 1 is 1.09 bits per heavy atom. The van der Waals surface area contributed by atoms with Crippen LogP contribution in [0.1, 0.15) is 33.5 Å². The zero-order chi connectivity index (χ0) is 23.4. The number of amides is 3. The molecule has 3 aromatic rings. The Labute approximate surface area is 186 Å². The van der Waals surface area contributed by atoms with E-state index in [1.165, 1.54) is 9.80 Å². The van der Waals surface area contributed by atoms with Crippen LogP contribution in [0.5, 0.6) is 0 Å². The number of esters is 1. The van der Waals surface area contributed by atoms with Crippen molar-refractivity contribution in [1.82, 2.24) is 19.4 Å². The molecular formula is C23H27N5O4. The molecule has 9 heteroatoms. The lowest BCUT2D eigenvalue weighted by molar-refractivity contribution is 0.0527. The normalized spacial score (nSPS) is 10.7. The van der Waals surface area contributed by atoms with Gasteiger partial charge in [-0.15, -0.1) is 0 Å². The van der Waals surface area contributed by atoms with Crippen LogP contribution < -0.4 is 5.32 Å². The van der Waals surface area contributed by atoms with Crippen LogP contribution in [0.15, 0.2) is 42.5 Å². The molecule has 0 aliphatic rings. The van der Waals surface area contributed by atoms with Crippen LogP contribution in [0.4, 0.5) is 10.5 Å². The molecule has 0 aliphatic carbocycles. The van der Waals surface area contributed by atoms with Gasteiger partial charge in [0.1, 0.15) is 5.82 Å². The van der Waals surface area contributed by atoms with Gasteiger partial charge in [-0.1, -0.05) is 12.1 Å². The maximum atomic E-state index is 12.8. The summed E-state index contributed by atoms with van der Waals surface area (Å²) in [5.74, 6) is 0.0612. The van der Waals surface area contributed by atoms with Crippen molar-refractivity contribution in [3.8, 4) is 0 Å². The van der Waals surface area contributed by atoms with Crippen molar-refractivity contribution in [3.05, 3.63) is 59.4 Å². The minimum absolute atomic E-state index is 0.101. The summed E-state index contributed by atoms with van der Waals surface area (Å²) in [5.41, 5.74) is 2.75. The molecule has 1 heterocycles. The molecule has 0 aliphatic heterocycles. The summed E-state index contributed by atoms with van der Waals surface area (Å²) in [5, 5.41) is 2.76. The molecule has 0 unspecified atom stereocenters. The van der Waals surface area contributed by atoms with Crippen molar-refractivity contribution in [2.45, 2.75) is 13.5 Å². The standard InChI is InChI=1S/C23H27N5O4/c1-6-32-22(30)16-9-7-8-10-17(16)25-23(31)27(4)14-20-24-18-13-15(21(29)26(2)3)11-12-19(18)28(20)5/h7-13H,6,14H2,1-5H3,(H,25,31). The van der Waals surface area contributed by atoms with Gasteiger partial charge in [-0.2, -0.15) is 0 Å². The molecule has 9 nitrogen and oxygen atoms in total. The van der Waals surface area contributed by atoms with E-state index in [0.29, 0.717) is 22.6 Å². The minimum atomic E-state index is -0.496. The zero-order valence-corrected chi connectivity index (χ0v) is 18.9. The van der Waals surface area contributed by atoms with E-state index < -0.39 is 12.0 Å². The number of carbonyl (C=O) groups is 3. The van der Waals surface area contributed by atoms with Crippen molar-refractivity contribution in [1.29, 1.82) is 0 Å². The first-order chi connectivity index (χ1) is 15.2. The first kappa shape index (κ1) is 22.8. The van der Waals surface area contributed by atoms with E-state index in [0.717, 1.165) is 5.52 Å². The quantitative estimate of drug-likeness (QED) is 0.598. The molecule has 0 fully saturated rings. The number of para-hydroxylation sites is 1. The van der Waals surface area contributed by atoms with Crippen molar-refractivity contribution in [2.24, 2.45) is 7.05 Å². The van der Waals surface area contributed by atoms with Crippen LogP contribution in [0.25, 0.3) is 11.0 Å². The molecule has 168 valence electrons. The molecule has 1 N–H and O–H groups in total. The Kier molecular flexibility index (Phi) is 6.77. The topological polar surface area (TPSA) is 96.8 Å². The van der Waals surface area contributed by atoms with Crippen LogP contribution in [-0.2, 0) is 18.3 Å². The van der Waals surface area contributed by atoms with Crippen molar-refractivity contribution in [3.63, 3.8) is 0 Å². The van der Waals surface area contributed by atoms with Gasteiger partial charge in [0, 0.05) is 33.8 Å². The van der Waals surface area contributed by atoms with E-state index >= 15 is 0 Å². The van der Waals surface area contributed by atoms with Crippen LogP contribution in [0.3, 0.4) is 0 Å². The van der Waals surface area contributed by atoms with Gasteiger partial charge in [0.15, 0.2) is 0 Å². The number of imidazole rings is 1. The van der Waals surface area contributed by atoms with Gasteiger partial charge in [-0.05, 0) is 37.3 Å². The second kappa shape index (κ2) is 9.51. The Hall–Kier alpha value is -3.88. The molecule has 0 bridgehead atoms.